The molecule has 1 N–H and O–H groups in total. The van der Waals surface area contributed by atoms with Crippen molar-refractivity contribution in [3.05, 3.63) is 46.5 Å². The molecule has 114 valence electrons. The zero-order chi connectivity index (χ0) is 15.6. The molecule has 1 aliphatic rings. The number of hydrogen-bond donors (Lipinski definition) is 1. The highest BCUT2D eigenvalue weighted by Crippen LogP contribution is 2.59. The van der Waals surface area contributed by atoms with Crippen molar-refractivity contribution in [3.8, 4) is 0 Å². The number of halogens is 1. The quantitative estimate of drug-likeness (QED) is 0.810. The third-order valence-electron chi connectivity index (χ3n) is 4.31. The molecule has 0 aromatic heterocycles. The van der Waals surface area contributed by atoms with Crippen LogP contribution < -0.4 is 5.32 Å². The number of amides is 1. The van der Waals surface area contributed by atoms with Crippen molar-refractivity contribution in [2.45, 2.75) is 34.1 Å². The number of carbonyl (C=O) groups is 1. The Labute approximate surface area is 132 Å². The fourth-order valence-corrected chi connectivity index (χ4v) is 3.19. The Morgan fingerprint density at radius 2 is 2.10 bits per heavy atom. The van der Waals surface area contributed by atoms with Gasteiger partial charge in [-0.05, 0) is 49.3 Å². The first-order valence-corrected chi connectivity index (χ1v) is 7.87. The topological polar surface area (TPSA) is 29.1 Å². The normalized spacial score (nSPS) is 22.5. The first kappa shape index (κ1) is 16.1. The SMILES string of the molecule is CC(C)=C[C@@H]1[C@@H](C(=O)NCCc2cccc(Cl)c2)C1(C)C. The Morgan fingerprint density at radius 3 is 2.71 bits per heavy atom. The summed E-state index contributed by atoms with van der Waals surface area (Å²) in [6.45, 7) is 9.16. The van der Waals surface area contributed by atoms with E-state index in [1.165, 1.54) is 5.57 Å². The van der Waals surface area contributed by atoms with Gasteiger partial charge in [-0.1, -0.05) is 49.2 Å². The molecule has 21 heavy (non-hydrogen) atoms. The second-order valence-corrected chi connectivity index (χ2v) is 7.18. The largest absolute Gasteiger partial charge is 0.355 e. The lowest BCUT2D eigenvalue weighted by molar-refractivity contribution is -0.123. The molecule has 1 aliphatic carbocycles. The molecule has 2 atom stereocenters. The van der Waals surface area contributed by atoms with E-state index in [4.69, 9.17) is 11.6 Å². The Balaban J connectivity index is 1.85. The van der Waals surface area contributed by atoms with Crippen molar-refractivity contribution in [2.75, 3.05) is 6.54 Å². The summed E-state index contributed by atoms with van der Waals surface area (Å²) in [7, 11) is 0. The van der Waals surface area contributed by atoms with E-state index in [0.717, 1.165) is 17.0 Å². The summed E-state index contributed by atoms with van der Waals surface area (Å²) in [6, 6.07) is 7.78. The smallest absolute Gasteiger partial charge is 0.224 e. The van der Waals surface area contributed by atoms with Crippen molar-refractivity contribution in [1.82, 2.24) is 5.32 Å². The average Bonchev–Trinajstić information content (AvgIpc) is 2.89. The van der Waals surface area contributed by atoms with Gasteiger partial charge in [-0.15, -0.1) is 0 Å². The maximum Gasteiger partial charge on any atom is 0.224 e. The third-order valence-corrected chi connectivity index (χ3v) is 4.54. The Kier molecular flexibility index (Phi) is 4.77. The lowest BCUT2D eigenvalue weighted by Crippen LogP contribution is -2.28. The second kappa shape index (κ2) is 6.23. The highest BCUT2D eigenvalue weighted by atomic mass is 35.5. The molecule has 2 nitrogen and oxygen atoms in total. The summed E-state index contributed by atoms with van der Waals surface area (Å²) in [5.74, 6) is 0.643. The van der Waals surface area contributed by atoms with Crippen LogP contribution in [0.15, 0.2) is 35.9 Å². The highest BCUT2D eigenvalue weighted by molar-refractivity contribution is 6.30. The minimum absolute atomic E-state index is 0.0808. The van der Waals surface area contributed by atoms with E-state index in [1.54, 1.807) is 0 Å². The predicted molar refractivity (Wildman–Crippen MR) is 88.4 cm³/mol. The van der Waals surface area contributed by atoms with Gasteiger partial charge < -0.3 is 5.32 Å². The molecule has 0 bridgehead atoms. The van der Waals surface area contributed by atoms with Crippen molar-refractivity contribution >= 4 is 17.5 Å². The first-order chi connectivity index (χ1) is 9.82. The van der Waals surface area contributed by atoms with E-state index < -0.39 is 0 Å². The molecule has 0 radical (unpaired) electrons. The van der Waals surface area contributed by atoms with Crippen molar-refractivity contribution in [1.29, 1.82) is 0 Å². The van der Waals surface area contributed by atoms with Gasteiger partial charge in [-0.2, -0.15) is 0 Å². The van der Waals surface area contributed by atoms with Crippen LogP contribution in [-0.2, 0) is 11.2 Å². The van der Waals surface area contributed by atoms with Crippen LogP contribution >= 0.6 is 11.6 Å². The van der Waals surface area contributed by atoms with Crippen LogP contribution in [-0.4, -0.2) is 12.5 Å². The molecular weight excluding hydrogens is 282 g/mol. The Morgan fingerprint density at radius 1 is 1.38 bits per heavy atom. The molecule has 0 spiro atoms. The number of carbonyl (C=O) groups excluding carboxylic acids is 1. The minimum Gasteiger partial charge on any atom is -0.355 e. The van der Waals surface area contributed by atoms with Crippen LogP contribution in [0.4, 0.5) is 0 Å². The minimum atomic E-state index is 0.0808. The van der Waals surface area contributed by atoms with Crippen LogP contribution in [0.25, 0.3) is 0 Å². The molecule has 1 aromatic carbocycles. The molecule has 1 amide bonds. The standard InChI is InChI=1S/C18H24ClNO/c1-12(2)10-15-16(18(15,3)4)17(21)20-9-8-13-6-5-7-14(19)11-13/h5-7,10-11,15-16H,8-9H2,1-4H3,(H,20,21)/t15-,16+/m1/s1. The summed E-state index contributed by atoms with van der Waals surface area (Å²) in [5, 5.41) is 3.80. The molecular formula is C18H24ClNO. The van der Waals surface area contributed by atoms with Crippen molar-refractivity contribution in [2.24, 2.45) is 17.3 Å². The maximum absolute atomic E-state index is 12.3. The molecule has 0 unspecified atom stereocenters. The number of hydrogen-bond acceptors (Lipinski definition) is 1. The van der Waals surface area contributed by atoms with Gasteiger partial charge in [0.1, 0.15) is 0 Å². The number of allylic oxidation sites excluding steroid dienone is 2. The summed E-state index contributed by atoms with van der Waals surface area (Å²) in [6.07, 6.45) is 3.04. The van der Waals surface area contributed by atoms with Crippen LogP contribution in [0, 0.1) is 17.3 Å². The fraction of sp³-hybridized carbons (Fsp3) is 0.500. The Hall–Kier alpha value is -1.28. The van der Waals surface area contributed by atoms with E-state index in [1.807, 2.05) is 24.3 Å². The van der Waals surface area contributed by atoms with Gasteiger partial charge in [0.2, 0.25) is 5.91 Å². The molecule has 2 rings (SSSR count). The first-order valence-electron chi connectivity index (χ1n) is 7.49. The van der Waals surface area contributed by atoms with Gasteiger partial charge in [0.25, 0.3) is 0 Å². The lowest BCUT2D eigenvalue weighted by atomic mass is 10.1. The fourth-order valence-electron chi connectivity index (χ4n) is 2.98. The van der Waals surface area contributed by atoms with Gasteiger partial charge in [0.05, 0.1) is 5.92 Å². The van der Waals surface area contributed by atoms with Gasteiger partial charge in [0.15, 0.2) is 0 Å². The average molecular weight is 306 g/mol. The maximum atomic E-state index is 12.3. The zero-order valence-corrected chi connectivity index (χ0v) is 14.0. The molecule has 3 heteroatoms. The van der Waals surface area contributed by atoms with Crippen molar-refractivity contribution < 1.29 is 4.79 Å². The third kappa shape index (κ3) is 3.88. The van der Waals surface area contributed by atoms with Gasteiger partial charge in [0, 0.05) is 11.6 Å². The molecule has 1 aromatic rings. The van der Waals surface area contributed by atoms with E-state index in [0.29, 0.717) is 12.5 Å². The van der Waals surface area contributed by atoms with Gasteiger partial charge in [-0.25, -0.2) is 0 Å². The highest BCUT2D eigenvalue weighted by Gasteiger charge is 2.60. The lowest BCUT2D eigenvalue weighted by Gasteiger charge is -2.06. The number of benzene rings is 1. The van der Waals surface area contributed by atoms with Gasteiger partial charge in [-0.3, -0.25) is 4.79 Å². The van der Waals surface area contributed by atoms with Gasteiger partial charge >= 0.3 is 0 Å². The van der Waals surface area contributed by atoms with E-state index in [2.05, 4.69) is 39.1 Å². The molecule has 1 saturated carbocycles. The number of nitrogens with one attached hydrogen (secondary N) is 1. The molecule has 0 aliphatic heterocycles. The zero-order valence-electron chi connectivity index (χ0n) is 13.2. The van der Waals surface area contributed by atoms with Crippen LogP contribution in [0.1, 0.15) is 33.3 Å². The summed E-state index contributed by atoms with van der Waals surface area (Å²) >= 11 is 5.96. The Bertz CT molecular complexity index is 558. The second-order valence-electron chi connectivity index (χ2n) is 6.74. The predicted octanol–water partition coefficient (Wildman–Crippen LogP) is 4.24. The number of rotatable bonds is 5. The molecule has 0 heterocycles. The molecule has 0 saturated heterocycles. The van der Waals surface area contributed by atoms with E-state index in [9.17, 15) is 4.79 Å². The monoisotopic (exact) mass is 305 g/mol. The van der Waals surface area contributed by atoms with Crippen LogP contribution in [0.5, 0.6) is 0 Å². The van der Waals surface area contributed by atoms with E-state index in [-0.39, 0.29) is 17.2 Å². The van der Waals surface area contributed by atoms with Crippen LogP contribution in [0.3, 0.4) is 0 Å². The van der Waals surface area contributed by atoms with Crippen molar-refractivity contribution in [3.63, 3.8) is 0 Å². The summed E-state index contributed by atoms with van der Waals surface area (Å²) in [4.78, 5) is 12.3. The van der Waals surface area contributed by atoms with Crippen LogP contribution in [0.2, 0.25) is 5.02 Å². The molecule has 1 fully saturated rings. The van der Waals surface area contributed by atoms with E-state index >= 15 is 0 Å². The summed E-state index contributed by atoms with van der Waals surface area (Å²) in [5.41, 5.74) is 2.51. The summed E-state index contributed by atoms with van der Waals surface area (Å²) < 4.78 is 0.